The number of hydrogen-bond donors (Lipinski definition) is 2. The average Bonchev–Trinajstić information content (AvgIpc) is 2.34. The zero-order chi connectivity index (χ0) is 13.1. The van der Waals surface area contributed by atoms with E-state index in [0.717, 1.165) is 21.2 Å². The van der Waals surface area contributed by atoms with Crippen LogP contribution in [-0.4, -0.2) is 4.98 Å². The van der Waals surface area contributed by atoms with Gasteiger partial charge in [0.25, 0.3) is 0 Å². The molecule has 1 heterocycles. The Kier molecular flexibility index (Phi) is 4.35. The Bertz CT molecular complexity index is 560. The van der Waals surface area contributed by atoms with Gasteiger partial charge in [-0.05, 0) is 41.8 Å². The lowest BCUT2D eigenvalue weighted by atomic mass is 9.97. The van der Waals surface area contributed by atoms with Crippen LogP contribution in [0, 0.1) is 6.92 Å². The van der Waals surface area contributed by atoms with Crippen LogP contribution in [0.1, 0.15) is 22.7 Å². The van der Waals surface area contributed by atoms with Gasteiger partial charge in [-0.25, -0.2) is 5.43 Å². The Balaban J connectivity index is 2.49. The second kappa shape index (κ2) is 5.80. The number of nitrogens with two attached hydrogens (primary N) is 1. The number of pyridine rings is 1. The highest BCUT2D eigenvalue weighted by atomic mass is 79.9. The molecule has 0 saturated heterocycles. The highest BCUT2D eigenvalue weighted by Gasteiger charge is 2.17. The summed E-state index contributed by atoms with van der Waals surface area (Å²) >= 11 is 9.46. The van der Waals surface area contributed by atoms with Crippen molar-refractivity contribution < 1.29 is 0 Å². The van der Waals surface area contributed by atoms with Crippen LogP contribution in [0.2, 0.25) is 5.02 Å². The van der Waals surface area contributed by atoms with Crippen LogP contribution in [0.25, 0.3) is 0 Å². The van der Waals surface area contributed by atoms with Crippen LogP contribution in [0.3, 0.4) is 0 Å². The molecule has 0 fully saturated rings. The predicted octanol–water partition coefficient (Wildman–Crippen LogP) is 3.36. The predicted molar refractivity (Wildman–Crippen MR) is 77.3 cm³/mol. The van der Waals surface area contributed by atoms with Gasteiger partial charge in [0.15, 0.2) is 0 Å². The molecule has 5 heteroatoms. The number of benzene rings is 1. The third-order valence-electron chi connectivity index (χ3n) is 2.83. The van der Waals surface area contributed by atoms with Gasteiger partial charge in [0.05, 0.1) is 6.04 Å². The standard InChI is InChI=1S/C13H13BrClN3/c1-8-4-5-17-7-11(8)13(18-16)10-3-2-9(15)6-12(10)14/h2-7,13,18H,16H2,1H3. The fourth-order valence-corrected chi connectivity index (χ4v) is 2.77. The minimum absolute atomic E-state index is 0.120. The van der Waals surface area contributed by atoms with Crippen LogP contribution < -0.4 is 11.3 Å². The normalized spacial score (nSPS) is 12.4. The van der Waals surface area contributed by atoms with Crippen LogP contribution in [0.15, 0.2) is 41.1 Å². The fourth-order valence-electron chi connectivity index (χ4n) is 1.86. The van der Waals surface area contributed by atoms with E-state index in [1.165, 1.54) is 0 Å². The third kappa shape index (κ3) is 2.72. The number of aromatic nitrogens is 1. The summed E-state index contributed by atoms with van der Waals surface area (Å²) in [6.07, 6.45) is 3.59. The van der Waals surface area contributed by atoms with E-state index in [2.05, 4.69) is 26.3 Å². The lowest BCUT2D eigenvalue weighted by Crippen LogP contribution is -2.29. The molecule has 0 amide bonds. The molecule has 1 aromatic heterocycles. The van der Waals surface area contributed by atoms with Crippen LogP contribution in [0.4, 0.5) is 0 Å². The van der Waals surface area contributed by atoms with E-state index in [-0.39, 0.29) is 6.04 Å². The van der Waals surface area contributed by atoms with E-state index >= 15 is 0 Å². The Morgan fingerprint density at radius 3 is 2.72 bits per heavy atom. The van der Waals surface area contributed by atoms with Crippen molar-refractivity contribution in [2.45, 2.75) is 13.0 Å². The number of rotatable bonds is 3. The first-order valence-corrected chi connectivity index (χ1v) is 6.62. The largest absolute Gasteiger partial charge is 0.271 e. The van der Waals surface area contributed by atoms with Crippen molar-refractivity contribution in [3.63, 3.8) is 0 Å². The molecule has 0 aliphatic heterocycles. The molecule has 0 saturated carbocycles. The quantitative estimate of drug-likeness (QED) is 0.672. The number of hydrogen-bond acceptors (Lipinski definition) is 3. The van der Waals surface area contributed by atoms with Gasteiger partial charge >= 0.3 is 0 Å². The minimum atomic E-state index is -0.120. The highest BCUT2D eigenvalue weighted by molar-refractivity contribution is 9.10. The van der Waals surface area contributed by atoms with Crippen LogP contribution in [-0.2, 0) is 0 Å². The van der Waals surface area contributed by atoms with E-state index in [0.29, 0.717) is 5.02 Å². The number of aryl methyl sites for hydroxylation is 1. The first kappa shape index (κ1) is 13.5. The van der Waals surface area contributed by atoms with Crippen LogP contribution >= 0.6 is 27.5 Å². The molecule has 3 nitrogen and oxygen atoms in total. The van der Waals surface area contributed by atoms with Gasteiger partial charge in [0, 0.05) is 21.9 Å². The molecular formula is C13H13BrClN3. The summed E-state index contributed by atoms with van der Waals surface area (Å²) in [5.74, 6) is 5.68. The van der Waals surface area contributed by atoms with Crippen LogP contribution in [0.5, 0.6) is 0 Å². The molecule has 3 N–H and O–H groups in total. The van der Waals surface area contributed by atoms with E-state index in [9.17, 15) is 0 Å². The Morgan fingerprint density at radius 1 is 1.33 bits per heavy atom. The summed E-state index contributed by atoms with van der Waals surface area (Å²) in [6, 6.07) is 7.49. The summed E-state index contributed by atoms with van der Waals surface area (Å²) < 4.78 is 0.918. The van der Waals surface area contributed by atoms with Crippen molar-refractivity contribution in [2.24, 2.45) is 5.84 Å². The molecule has 2 aromatic rings. The lowest BCUT2D eigenvalue weighted by molar-refractivity contribution is 0.629. The molecule has 0 radical (unpaired) electrons. The van der Waals surface area contributed by atoms with Crippen molar-refractivity contribution in [1.29, 1.82) is 0 Å². The van der Waals surface area contributed by atoms with Gasteiger partial charge in [-0.3, -0.25) is 10.8 Å². The van der Waals surface area contributed by atoms with Crippen molar-refractivity contribution >= 4 is 27.5 Å². The van der Waals surface area contributed by atoms with Gasteiger partial charge < -0.3 is 0 Å². The SMILES string of the molecule is Cc1ccncc1C(NN)c1ccc(Cl)cc1Br. The summed E-state index contributed by atoms with van der Waals surface area (Å²) in [4.78, 5) is 4.15. The Hall–Kier alpha value is -0.940. The maximum atomic E-state index is 5.95. The fraction of sp³-hybridized carbons (Fsp3) is 0.154. The third-order valence-corrected chi connectivity index (χ3v) is 3.75. The molecule has 0 aliphatic rings. The molecule has 18 heavy (non-hydrogen) atoms. The second-order valence-electron chi connectivity index (χ2n) is 4.00. The summed E-state index contributed by atoms with van der Waals surface area (Å²) in [7, 11) is 0. The maximum absolute atomic E-state index is 5.95. The Morgan fingerprint density at radius 2 is 2.11 bits per heavy atom. The molecule has 94 valence electrons. The number of halogens is 2. The van der Waals surface area contributed by atoms with E-state index < -0.39 is 0 Å². The topological polar surface area (TPSA) is 50.9 Å². The van der Waals surface area contributed by atoms with Gasteiger partial charge in [-0.2, -0.15) is 0 Å². The first-order chi connectivity index (χ1) is 8.63. The molecular weight excluding hydrogens is 314 g/mol. The highest BCUT2D eigenvalue weighted by Crippen LogP contribution is 2.31. The van der Waals surface area contributed by atoms with Gasteiger partial charge in [-0.15, -0.1) is 0 Å². The summed E-state index contributed by atoms with van der Waals surface area (Å²) in [5.41, 5.74) is 6.03. The molecule has 0 aliphatic carbocycles. The van der Waals surface area contributed by atoms with E-state index in [1.54, 1.807) is 6.20 Å². The molecule has 1 atom stereocenters. The van der Waals surface area contributed by atoms with Crippen molar-refractivity contribution in [2.75, 3.05) is 0 Å². The molecule has 1 aromatic carbocycles. The van der Waals surface area contributed by atoms with Crippen molar-refractivity contribution in [1.82, 2.24) is 10.4 Å². The minimum Gasteiger partial charge on any atom is -0.271 e. The summed E-state index contributed by atoms with van der Waals surface area (Å²) in [6.45, 7) is 2.03. The smallest absolute Gasteiger partial charge is 0.0738 e. The van der Waals surface area contributed by atoms with Gasteiger partial charge in [0.2, 0.25) is 0 Å². The average molecular weight is 327 g/mol. The molecule has 2 rings (SSSR count). The summed E-state index contributed by atoms with van der Waals surface area (Å²) in [5, 5.41) is 0.685. The second-order valence-corrected chi connectivity index (χ2v) is 5.29. The zero-order valence-electron chi connectivity index (χ0n) is 9.82. The Labute approximate surface area is 119 Å². The molecule has 0 spiro atoms. The lowest BCUT2D eigenvalue weighted by Gasteiger charge is -2.20. The number of nitrogens with one attached hydrogen (secondary N) is 1. The number of hydrazine groups is 1. The van der Waals surface area contributed by atoms with Gasteiger partial charge in [0.1, 0.15) is 0 Å². The van der Waals surface area contributed by atoms with Crippen molar-refractivity contribution in [3.8, 4) is 0 Å². The van der Waals surface area contributed by atoms with Crippen molar-refractivity contribution in [3.05, 3.63) is 62.8 Å². The zero-order valence-corrected chi connectivity index (χ0v) is 12.2. The first-order valence-electron chi connectivity index (χ1n) is 5.45. The van der Waals surface area contributed by atoms with E-state index in [1.807, 2.05) is 37.4 Å². The van der Waals surface area contributed by atoms with E-state index in [4.69, 9.17) is 17.4 Å². The maximum Gasteiger partial charge on any atom is 0.0738 e. The molecule has 0 bridgehead atoms. The number of nitrogens with zero attached hydrogens (tertiary/aromatic N) is 1. The monoisotopic (exact) mass is 325 g/mol. The molecule has 1 unspecified atom stereocenters. The van der Waals surface area contributed by atoms with Gasteiger partial charge in [-0.1, -0.05) is 33.6 Å².